The minimum absolute atomic E-state index is 0.0733. The van der Waals surface area contributed by atoms with Gasteiger partial charge in [0.2, 0.25) is 5.91 Å². The first-order valence-electron chi connectivity index (χ1n) is 8.74. The number of carbonyl (C=O) groups is 2. The molecule has 0 aliphatic heterocycles. The lowest BCUT2D eigenvalue weighted by Gasteiger charge is -2.22. The van der Waals surface area contributed by atoms with Crippen molar-refractivity contribution in [2.24, 2.45) is 0 Å². The summed E-state index contributed by atoms with van der Waals surface area (Å²) in [5.74, 6) is 0.375. The van der Waals surface area contributed by atoms with E-state index >= 15 is 0 Å². The van der Waals surface area contributed by atoms with Gasteiger partial charge in [0.15, 0.2) is 0 Å². The Balaban J connectivity index is 1.98. The molecule has 0 spiro atoms. The highest BCUT2D eigenvalue weighted by Gasteiger charge is 2.20. The lowest BCUT2D eigenvalue weighted by atomic mass is 10.1. The zero-order chi connectivity index (χ0) is 18.8. The number of benzene rings is 1. The molecule has 6 heteroatoms. The van der Waals surface area contributed by atoms with Gasteiger partial charge in [-0.1, -0.05) is 30.3 Å². The lowest BCUT2D eigenvalue weighted by molar-refractivity contribution is -0.121. The van der Waals surface area contributed by atoms with Crippen molar-refractivity contribution in [3.05, 3.63) is 59.5 Å². The molecular weight excluding hydrogens is 332 g/mol. The number of ether oxygens (including phenoxy) is 1. The van der Waals surface area contributed by atoms with E-state index in [4.69, 9.17) is 9.15 Å². The Kier molecular flexibility index (Phi) is 7.89. The van der Waals surface area contributed by atoms with Crippen LogP contribution < -0.4 is 5.32 Å². The molecule has 140 valence electrons. The Morgan fingerprint density at radius 2 is 1.96 bits per heavy atom. The summed E-state index contributed by atoms with van der Waals surface area (Å²) in [4.78, 5) is 26.6. The van der Waals surface area contributed by atoms with Gasteiger partial charge in [-0.15, -0.1) is 0 Å². The van der Waals surface area contributed by atoms with Gasteiger partial charge in [-0.3, -0.25) is 9.59 Å². The van der Waals surface area contributed by atoms with Crippen molar-refractivity contribution >= 4 is 11.8 Å². The maximum absolute atomic E-state index is 12.9. The van der Waals surface area contributed by atoms with Crippen LogP contribution in [-0.2, 0) is 16.1 Å². The molecule has 0 aliphatic rings. The molecule has 1 aromatic heterocycles. The number of furan rings is 1. The standard InChI is InChI=1S/C20H26N2O4/c1-16-18(10-14-26-16)20(24)22(15-17-7-4-3-5-8-17)12-9-19(23)21-11-6-13-25-2/h3-5,7-8,10,14H,6,9,11-13,15H2,1-2H3,(H,21,23). The second kappa shape index (κ2) is 10.4. The molecule has 1 heterocycles. The summed E-state index contributed by atoms with van der Waals surface area (Å²) in [6, 6.07) is 11.4. The van der Waals surface area contributed by atoms with Gasteiger partial charge in [0.25, 0.3) is 5.91 Å². The molecule has 2 amide bonds. The number of hydrogen-bond acceptors (Lipinski definition) is 4. The Bertz CT molecular complexity index is 697. The number of hydrogen-bond donors (Lipinski definition) is 1. The normalized spacial score (nSPS) is 10.5. The van der Waals surface area contributed by atoms with Crippen molar-refractivity contribution in [1.82, 2.24) is 10.2 Å². The topological polar surface area (TPSA) is 71.8 Å². The molecule has 1 aromatic carbocycles. The van der Waals surface area contributed by atoms with E-state index in [1.54, 1.807) is 25.0 Å². The SMILES string of the molecule is COCCCNC(=O)CCN(Cc1ccccc1)C(=O)c1ccoc1C. The Labute approximate surface area is 154 Å². The molecule has 0 bridgehead atoms. The maximum atomic E-state index is 12.9. The molecule has 26 heavy (non-hydrogen) atoms. The first-order valence-corrected chi connectivity index (χ1v) is 8.74. The van der Waals surface area contributed by atoms with E-state index in [0.717, 1.165) is 12.0 Å². The Hall–Kier alpha value is -2.60. The number of aryl methyl sites for hydroxylation is 1. The molecule has 6 nitrogen and oxygen atoms in total. The van der Waals surface area contributed by atoms with E-state index < -0.39 is 0 Å². The van der Waals surface area contributed by atoms with Crippen LogP contribution in [0.5, 0.6) is 0 Å². The average molecular weight is 358 g/mol. The molecule has 1 N–H and O–H groups in total. The zero-order valence-corrected chi connectivity index (χ0v) is 15.4. The van der Waals surface area contributed by atoms with E-state index in [2.05, 4.69) is 5.32 Å². The smallest absolute Gasteiger partial charge is 0.257 e. The van der Waals surface area contributed by atoms with Gasteiger partial charge < -0.3 is 19.4 Å². The number of rotatable bonds is 10. The predicted molar refractivity (Wildman–Crippen MR) is 98.7 cm³/mol. The van der Waals surface area contributed by atoms with Crippen LogP contribution in [-0.4, -0.2) is 43.5 Å². The largest absolute Gasteiger partial charge is 0.469 e. The van der Waals surface area contributed by atoms with E-state index in [0.29, 0.717) is 37.6 Å². The van der Waals surface area contributed by atoms with Crippen molar-refractivity contribution in [2.75, 3.05) is 26.8 Å². The number of nitrogens with one attached hydrogen (secondary N) is 1. The van der Waals surface area contributed by atoms with Crippen molar-refractivity contribution in [1.29, 1.82) is 0 Å². The van der Waals surface area contributed by atoms with Gasteiger partial charge in [-0.05, 0) is 25.0 Å². The molecule has 0 saturated carbocycles. The number of nitrogens with zero attached hydrogens (tertiary/aromatic N) is 1. The van der Waals surface area contributed by atoms with Crippen molar-refractivity contribution < 1.29 is 18.7 Å². The highest BCUT2D eigenvalue weighted by atomic mass is 16.5. The van der Waals surface area contributed by atoms with E-state index in [1.165, 1.54) is 6.26 Å². The van der Waals surface area contributed by atoms with Gasteiger partial charge in [0, 0.05) is 39.8 Å². The van der Waals surface area contributed by atoms with Crippen molar-refractivity contribution in [2.45, 2.75) is 26.3 Å². The fourth-order valence-corrected chi connectivity index (χ4v) is 2.60. The molecule has 0 fully saturated rings. The quantitative estimate of drug-likeness (QED) is 0.663. The average Bonchev–Trinajstić information content (AvgIpc) is 3.08. The van der Waals surface area contributed by atoms with Gasteiger partial charge in [0.05, 0.1) is 11.8 Å². The third-order valence-corrected chi connectivity index (χ3v) is 4.05. The van der Waals surface area contributed by atoms with Crippen molar-refractivity contribution in [3.63, 3.8) is 0 Å². The fraction of sp³-hybridized carbons (Fsp3) is 0.400. The molecule has 0 saturated heterocycles. The van der Waals surface area contributed by atoms with Crippen LogP contribution in [0, 0.1) is 6.92 Å². The first-order chi connectivity index (χ1) is 12.6. The third kappa shape index (κ3) is 6.04. The monoisotopic (exact) mass is 358 g/mol. The van der Waals surface area contributed by atoms with Crippen LogP contribution >= 0.6 is 0 Å². The molecule has 2 aromatic rings. The molecule has 2 rings (SSSR count). The summed E-state index contributed by atoms with van der Waals surface area (Å²) in [5, 5.41) is 2.85. The van der Waals surface area contributed by atoms with E-state index in [9.17, 15) is 9.59 Å². The lowest BCUT2D eigenvalue weighted by Crippen LogP contribution is -2.35. The number of amides is 2. The summed E-state index contributed by atoms with van der Waals surface area (Å²) in [5.41, 5.74) is 1.55. The van der Waals surface area contributed by atoms with Crippen LogP contribution in [0.4, 0.5) is 0 Å². The van der Waals surface area contributed by atoms with Crippen LogP contribution in [0.2, 0.25) is 0 Å². The van der Waals surface area contributed by atoms with Gasteiger partial charge >= 0.3 is 0 Å². The van der Waals surface area contributed by atoms with Gasteiger partial charge in [-0.25, -0.2) is 0 Å². The van der Waals surface area contributed by atoms with Crippen LogP contribution in [0.3, 0.4) is 0 Å². The number of methoxy groups -OCH3 is 1. The second-order valence-corrected chi connectivity index (χ2v) is 6.05. The molecule has 0 unspecified atom stereocenters. The minimum atomic E-state index is -0.132. The van der Waals surface area contributed by atoms with E-state index in [-0.39, 0.29) is 18.2 Å². The summed E-state index contributed by atoms with van der Waals surface area (Å²) in [6.45, 7) is 3.73. The van der Waals surface area contributed by atoms with Gasteiger partial charge in [0.1, 0.15) is 5.76 Å². The molecule has 0 atom stereocenters. The summed E-state index contributed by atoms with van der Waals surface area (Å²) >= 11 is 0. The Morgan fingerprint density at radius 1 is 1.19 bits per heavy atom. The highest BCUT2D eigenvalue weighted by Crippen LogP contribution is 2.15. The molecule has 0 radical (unpaired) electrons. The van der Waals surface area contributed by atoms with Crippen LogP contribution in [0.1, 0.15) is 34.5 Å². The summed E-state index contributed by atoms with van der Waals surface area (Å²) in [6.07, 6.45) is 2.53. The highest BCUT2D eigenvalue weighted by molar-refractivity contribution is 5.95. The van der Waals surface area contributed by atoms with Crippen LogP contribution in [0.15, 0.2) is 47.1 Å². The predicted octanol–water partition coefficient (Wildman–Crippen LogP) is 2.77. The first kappa shape index (κ1) is 19.7. The fourth-order valence-electron chi connectivity index (χ4n) is 2.60. The number of carbonyl (C=O) groups excluding carboxylic acids is 2. The zero-order valence-electron chi connectivity index (χ0n) is 15.4. The van der Waals surface area contributed by atoms with Crippen molar-refractivity contribution in [3.8, 4) is 0 Å². The third-order valence-electron chi connectivity index (χ3n) is 4.05. The van der Waals surface area contributed by atoms with Gasteiger partial charge in [-0.2, -0.15) is 0 Å². The molecule has 0 aliphatic carbocycles. The summed E-state index contributed by atoms with van der Waals surface area (Å²) < 4.78 is 10.2. The minimum Gasteiger partial charge on any atom is -0.469 e. The second-order valence-electron chi connectivity index (χ2n) is 6.05. The maximum Gasteiger partial charge on any atom is 0.257 e. The van der Waals surface area contributed by atoms with Crippen LogP contribution in [0.25, 0.3) is 0 Å². The summed E-state index contributed by atoms with van der Waals surface area (Å²) in [7, 11) is 1.63. The van der Waals surface area contributed by atoms with E-state index in [1.807, 2.05) is 30.3 Å². The molecular formula is C20H26N2O4. The Morgan fingerprint density at radius 3 is 2.62 bits per heavy atom.